The molecular formula is C13H8F5N. The summed E-state index contributed by atoms with van der Waals surface area (Å²) in [6, 6.07) is 6.15. The third kappa shape index (κ3) is 2.52. The molecule has 2 N–H and O–H groups in total. The molecule has 1 nitrogen and oxygen atoms in total. The molecule has 0 atom stereocenters. The van der Waals surface area contributed by atoms with E-state index in [1.54, 1.807) is 0 Å². The van der Waals surface area contributed by atoms with E-state index in [0.717, 1.165) is 30.3 Å². The molecule has 0 bridgehead atoms. The number of alkyl halides is 3. The maximum atomic E-state index is 13.6. The fraction of sp³-hybridized carbons (Fsp3) is 0.0769. The average Bonchev–Trinajstić information content (AvgIpc) is 2.35. The van der Waals surface area contributed by atoms with Gasteiger partial charge in [0.25, 0.3) is 0 Å². The molecule has 2 rings (SSSR count). The first-order valence-electron chi connectivity index (χ1n) is 5.22. The molecule has 2 aromatic carbocycles. The van der Waals surface area contributed by atoms with Crippen molar-refractivity contribution >= 4 is 5.69 Å². The molecule has 100 valence electrons. The monoisotopic (exact) mass is 273 g/mol. The minimum absolute atomic E-state index is 0.138. The average molecular weight is 273 g/mol. The highest BCUT2D eigenvalue weighted by Crippen LogP contribution is 2.32. The van der Waals surface area contributed by atoms with Crippen LogP contribution in [0.4, 0.5) is 27.6 Å². The topological polar surface area (TPSA) is 26.0 Å². The zero-order valence-corrected chi connectivity index (χ0v) is 9.43. The fourth-order valence-corrected chi connectivity index (χ4v) is 1.63. The Labute approximate surface area is 105 Å². The van der Waals surface area contributed by atoms with Crippen molar-refractivity contribution in [1.82, 2.24) is 0 Å². The lowest BCUT2D eigenvalue weighted by atomic mass is 10.0. The van der Waals surface area contributed by atoms with Crippen LogP contribution in [0.2, 0.25) is 0 Å². The van der Waals surface area contributed by atoms with Crippen LogP contribution < -0.4 is 5.73 Å². The van der Waals surface area contributed by atoms with Crippen LogP contribution in [0.5, 0.6) is 0 Å². The molecular weight excluding hydrogens is 265 g/mol. The van der Waals surface area contributed by atoms with Crippen LogP contribution in [0, 0.1) is 11.6 Å². The van der Waals surface area contributed by atoms with E-state index in [1.807, 2.05) is 0 Å². The van der Waals surface area contributed by atoms with Gasteiger partial charge in [0, 0.05) is 5.56 Å². The van der Waals surface area contributed by atoms with E-state index in [4.69, 9.17) is 5.73 Å². The summed E-state index contributed by atoms with van der Waals surface area (Å²) in [7, 11) is 0. The molecule has 0 saturated carbocycles. The molecule has 0 heterocycles. The number of nitrogens with two attached hydrogens (primary N) is 1. The zero-order chi connectivity index (χ0) is 14.2. The Kier molecular flexibility index (Phi) is 3.18. The van der Waals surface area contributed by atoms with Crippen molar-refractivity contribution in [2.24, 2.45) is 0 Å². The summed E-state index contributed by atoms with van der Waals surface area (Å²) < 4.78 is 64.0. The van der Waals surface area contributed by atoms with Gasteiger partial charge in [0.15, 0.2) is 11.6 Å². The van der Waals surface area contributed by atoms with Gasteiger partial charge in [0.1, 0.15) is 0 Å². The third-order valence-electron chi connectivity index (χ3n) is 2.64. The molecule has 0 spiro atoms. The van der Waals surface area contributed by atoms with Gasteiger partial charge in [-0.25, -0.2) is 8.78 Å². The van der Waals surface area contributed by atoms with Gasteiger partial charge < -0.3 is 5.73 Å². The Bertz CT molecular complexity index is 602. The summed E-state index contributed by atoms with van der Waals surface area (Å²) in [4.78, 5) is 0. The van der Waals surface area contributed by atoms with Gasteiger partial charge in [-0.1, -0.05) is 12.1 Å². The zero-order valence-electron chi connectivity index (χ0n) is 9.43. The molecule has 0 saturated heterocycles. The van der Waals surface area contributed by atoms with E-state index in [2.05, 4.69) is 0 Å². The van der Waals surface area contributed by atoms with Gasteiger partial charge in [-0.05, 0) is 29.8 Å². The van der Waals surface area contributed by atoms with Gasteiger partial charge in [0.2, 0.25) is 0 Å². The van der Waals surface area contributed by atoms with Crippen molar-refractivity contribution in [1.29, 1.82) is 0 Å². The SMILES string of the molecule is Nc1ccc(-c2ccc(C(F)(F)F)cc2)c(F)c1F. The Morgan fingerprint density at radius 1 is 0.789 bits per heavy atom. The van der Waals surface area contributed by atoms with E-state index in [-0.39, 0.29) is 16.8 Å². The second kappa shape index (κ2) is 4.53. The van der Waals surface area contributed by atoms with E-state index in [1.165, 1.54) is 6.07 Å². The highest BCUT2D eigenvalue weighted by Gasteiger charge is 2.30. The predicted octanol–water partition coefficient (Wildman–Crippen LogP) is 4.23. The van der Waals surface area contributed by atoms with Gasteiger partial charge in [0.05, 0.1) is 11.3 Å². The number of halogens is 5. The van der Waals surface area contributed by atoms with Gasteiger partial charge >= 0.3 is 6.18 Å². The summed E-state index contributed by atoms with van der Waals surface area (Å²) in [5.74, 6) is -2.39. The van der Waals surface area contributed by atoms with Crippen molar-refractivity contribution in [3.63, 3.8) is 0 Å². The standard InChI is InChI=1S/C13H8F5N/c14-11-9(5-6-10(19)12(11)15)7-1-3-8(4-2-7)13(16,17)18/h1-6H,19H2. The largest absolute Gasteiger partial charge is 0.416 e. The molecule has 0 radical (unpaired) electrons. The number of benzene rings is 2. The normalized spacial score (nSPS) is 11.6. The smallest absolute Gasteiger partial charge is 0.396 e. The van der Waals surface area contributed by atoms with Crippen LogP contribution in [0.1, 0.15) is 5.56 Å². The first-order valence-corrected chi connectivity index (χ1v) is 5.22. The lowest BCUT2D eigenvalue weighted by Gasteiger charge is -2.09. The number of nitrogen functional groups attached to an aromatic ring is 1. The van der Waals surface area contributed by atoms with Crippen LogP contribution in [-0.2, 0) is 6.18 Å². The molecule has 0 fully saturated rings. The third-order valence-corrected chi connectivity index (χ3v) is 2.64. The minimum Gasteiger partial charge on any atom is -0.396 e. The maximum Gasteiger partial charge on any atom is 0.416 e. The predicted molar refractivity (Wildman–Crippen MR) is 61.2 cm³/mol. The lowest BCUT2D eigenvalue weighted by Crippen LogP contribution is -2.04. The summed E-state index contributed by atoms with van der Waals surface area (Å²) >= 11 is 0. The second-order valence-corrected chi connectivity index (χ2v) is 3.91. The first-order chi connectivity index (χ1) is 8.80. The summed E-state index contributed by atoms with van der Waals surface area (Å²) in [6.07, 6.45) is -4.47. The molecule has 0 aliphatic carbocycles. The quantitative estimate of drug-likeness (QED) is 0.610. The fourth-order valence-electron chi connectivity index (χ4n) is 1.63. The number of hydrogen-bond acceptors (Lipinski definition) is 1. The van der Waals surface area contributed by atoms with Crippen molar-refractivity contribution < 1.29 is 22.0 Å². The van der Waals surface area contributed by atoms with Gasteiger partial charge in [-0.2, -0.15) is 13.2 Å². The molecule has 0 aliphatic heterocycles. The Morgan fingerprint density at radius 3 is 1.89 bits per heavy atom. The van der Waals surface area contributed by atoms with Crippen molar-refractivity contribution in [3.8, 4) is 11.1 Å². The second-order valence-electron chi connectivity index (χ2n) is 3.91. The first kappa shape index (κ1) is 13.3. The summed E-state index contributed by atoms with van der Waals surface area (Å²) in [5, 5.41) is 0. The molecule has 0 amide bonds. The minimum atomic E-state index is -4.47. The number of anilines is 1. The molecule has 0 aliphatic rings. The Morgan fingerprint density at radius 2 is 1.37 bits per heavy atom. The van der Waals surface area contributed by atoms with Crippen molar-refractivity contribution in [2.45, 2.75) is 6.18 Å². The van der Waals surface area contributed by atoms with Crippen LogP contribution in [-0.4, -0.2) is 0 Å². The van der Waals surface area contributed by atoms with Crippen molar-refractivity contribution in [3.05, 3.63) is 53.6 Å². The van der Waals surface area contributed by atoms with E-state index in [9.17, 15) is 22.0 Å². The van der Waals surface area contributed by atoms with E-state index in [0.29, 0.717) is 0 Å². The molecule has 2 aromatic rings. The summed E-state index contributed by atoms with van der Waals surface area (Å²) in [5.41, 5.74) is 3.98. The summed E-state index contributed by atoms with van der Waals surface area (Å²) in [6.45, 7) is 0. The molecule has 19 heavy (non-hydrogen) atoms. The van der Waals surface area contributed by atoms with E-state index < -0.39 is 23.4 Å². The van der Waals surface area contributed by atoms with Crippen LogP contribution >= 0.6 is 0 Å². The molecule has 6 heteroatoms. The molecule has 0 aromatic heterocycles. The van der Waals surface area contributed by atoms with Crippen LogP contribution in [0.15, 0.2) is 36.4 Å². The lowest BCUT2D eigenvalue weighted by molar-refractivity contribution is -0.137. The van der Waals surface area contributed by atoms with Crippen LogP contribution in [0.3, 0.4) is 0 Å². The highest BCUT2D eigenvalue weighted by molar-refractivity contribution is 5.67. The maximum absolute atomic E-state index is 13.6. The number of hydrogen-bond donors (Lipinski definition) is 1. The van der Waals surface area contributed by atoms with Crippen molar-refractivity contribution in [2.75, 3.05) is 5.73 Å². The highest BCUT2D eigenvalue weighted by atomic mass is 19.4. The Balaban J connectivity index is 2.46. The van der Waals surface area contributed by atoms with Gasteiger partial charge in [-0.15, -0.1) is 0 Å². The molecule has 0 unspecified atom stereocenters. The van der Waals surface area contributed by atoms with E-state index >= 15 is 0 Å². The number of rotatable bonds is 1. The van der Waals surface area contributed by atoms with Gasteiger partial charge in [-0.3, -0.25) is 0 Å². The Hall–Kier alpha value is -2.11. The van der Waals surface area contributed by atoms with Crippen LogP contribution in [0.25, 0.3) is 11.1 Å².